The summed E-state index contributed by atoms with van der Waals surface area (Å²) in [4.78, 5) is 0. The zero-order chi connectivity index (χ0) is 30.1. The molecular formula is C30H21Cl2F6O3. The van der Waals surface area contributed by atoms with E-state index < -0.39 is 23.5 Å². The van der Waals surface area contributed by atoms with Crippen molar-refractivity contribution in [3.63, 3.8) is 0 Å². The first-order valence-corrected chi connectivity index (χ1v) is 12.7. The topological polar surface area (TPSA) is 27.7 Å². The van der Waals surface area contributed by atoms with Crippen molar-refractivity contribution in [1.82, 2.24) is 0 Å². The number of benzene rings is 4. The van der Waals surface area contributed by atoms with Crippen molar-refractivity contribution in [2.45, 2.75) is 19.3 Å². The van der Waals surface area contributed by atoms with Crippen molar-refractivity contribution in [3.8, 4) is 50.6 Å². The number of methoxy groups -OCH3 is 2. The van der Waals surface area contributed by atoms with Gasteiger partial charge in [0.25, 0.3) is 0 Å². The third-order valence-corrected chi connectivity index (χ3v) is 6.77. The van der Waals surface area contributed by atoms with E-state index in [-0.39, 0.29) is 61.5 Å². The second-order valence-electron chi connectivity index (χ2n) is 8.66. The normalized spacial score (nSPS) is 11.9. The number of hydrogen-bond acceptors (Lipinski definition) is 3. The molecule has 0 unspecified atom stereocenters. The monoisotopic (exact) mass is 613 g/mol. The van der Waals surface area contributed by atoms with Gasteiger partial charge in [0.15, 0.2) is 0 Å². The van der Waals surface area contributed by atoms with Crippen LogP contribution in [0.1, 0.15) is 18.1 Å². The average Bonchev–Trinajstić information content (AvgIpc) is 2.92. The Hall–Kier alpha value is -3.56. The molecule has 11 heteroatoms. The largest absolute Gasteiger partial charge is 0.497 e. The predicted molar refractivity (Wildman–Crippen MR) is 146 cm³/mol. The van der Waals surface area contributed by atoms with Crippen LogP contribution in [0.5, 0.6) is 17.2 Å². The third kappa shape index (κ3) is 6.21. The first-order valence-electron chi connectivity index (χ1n) is 12.0. The molecule has 0 spiro atoms. The molecule has 4 aromatic rings. The molecule has 0 heterocycles. The highest BCUT2D eigenvalue weighted by Crippen LogP contribution is 2.52. The van der Waals surface area contributed by atoms with Crippen molar-refractivity contribution >= 4 is 23.2 Å². The SMILES string of the molecule is CCOc1[c]c(-c2ccc(Cl)cc2C(F)(F)F)c(Cl)c(-c2cc(OC)ccc2OC)c1-c1cccc(C(F)(F)F)c1. The fraction of sp³-hybridized carbons (Fsp3) is 0.200. The van der Waals surface area contributed by atoms with Gasteiger partial charge in [0, 0.05) is 33.3 Å². The third-order valence-electron chi connectivity index (χ3n) is 6.15. The van der Waals surface area contributed by atoms with Gasteiger partial charge in [-0.1, -0.05) is 41.4 Å². The van der Waals surface area contributed by atoms with Crippen LogP contribution in [0.4, 0.5) is 26.3 Å². The van der Waals surface area contributed by atoms with Crippen LogP contribution in [-0.4, -0.2) is 20.8 Å². The molecule has 0 fully saturated rings. The fourth-order valence-electron chi connectivity index (χ4n) is 4.38. The summed E-state index contributed by atoms with van der Waals surface area (Å²) >= 11 is 12.8. The second-order valence-corrected chi connectivity index (χ2v) is 9.47. The lowest BCUT2D eigenvalue weighted by Crippen LogP contribution is -2.08. The summed E-state index contributed by atoms with van der Waals surface area (Å²) in [5.74, 6) is 0.448. The van der Waals surface area contributed by atoms with Gasteiger partial charge >= 0.3 is 12.4 Å². The second kappa shape index (κ2) is 11.7. The Morgan fingerprint density at radius 2 is 1.51 bits per heavy atom. The molecule has 0 aliphatic rings. The van der Waals surface area contributed by atoms with Crippen LogP contribution in [-0.2, 0) is 12.4 Å². The minimum absolute atomic E-state index is 0.0188. The van der Waals surface area contributed by atoms with Crippen LogP contribution in [0.25, 0.3) is 33.4 Å². The first kappa shape index (κ1) is 30.4. The summed E-state index contributed by atoms with van der Waals surface area (Å²) in [6.45, 7) is 1.64. The molecular weight excluding hydrogens is 593 g/mol. The van der Waals surface area contributed by atoms with E-state index in [9.17, 15) is 26.3 Å². The standard InChI is InChI=1S/C30H21Cl2F6O3/c1-4-41-25-15-21(20-10-8-18(31)13-23(20)30(36,37)38)28(32)27(22-14-19(39-2)9-11-24(22)40-3)26(25)16-6-5-7-17(12-16)29(33,34)35/h5-14H,4H2,1-3H3. The molecule has 0 N–H and O–H groups in total. The van der Waals surface area contributed by atoms with Gasteiger partial charge in [-0.2, -0.15) is 26.3 Å². The zero-order valence-corrected chi connectivity index (χ0v) is 23.2. The van der Waals surface area contributed by atoms with Crippen molar-refractivity contribution in [2.75, 3.05) is 20.8 Å². The number of ether oxygens (including phenoxy) is 3. The molecule has 0 aliphatic carbocycles. The Labute approximate surface area is 242 Å². The maximum atomic E-state index is 14.1. The molecule has 1 radical (unpaired) electrons. The molecule has 0 aromatic heterocycles. The first-order chi connectivity index (χ1) is 19.3. The lowest BCUT2D eigenvalue weighted by Gasteiger charge is -2.23. The van der Waals surface area contributed by atoms with Gasteiger partial charge in [-0.05, 0) is 60.5 Å². The van der Waals surface area contributed by atoms with Crippen LogP contribution in [0, 0.1) is 6.07 Å². The van der Waals surface area contributed by atoms with Gasteiger partial charge in [-0.25, -0.2) is 0 Å². The van der Waals surface area contributed by atoms with E-state index in [1.165, 1.54) is 38.5 Å². The Balaban J connectivity index is 2.21. The van der Waals surface area contributed by atoms with Gasteiger partial charge < -0.3 is 14.2 Å². The Morgan fingerprint density at radius 3 is 2.12 bits per heavy atom. The van der Waals surface area contributed by atoms with Crippen molar-refractivity contribution in [2.24, 2.45) is 0 Å². The summed E-state index contributed by atoms with van der Waals surface area (Å²) < 4.78 is 100. The van der Waals surface area contributed by atoms with Crippen molar-refractivity contribution in [3.05, 3.63) is 87.9 Å². The van der Waals surface area contributed by atoms with Gasteiger partial charge in [0.05, 0.1) is 37.0 Å². The Kier molecular flexibility index (Phi) is 8.70. The fourth-order valence-corrected chi connectivity index (χ4v) is 4.89. The molecule has 0 aliphatic heterocycles. The summed E-state index contributed by atoms with van der Waals surface area (Å²) in [5, 5.41) is -0.391. The number of hydrogen-bond donors (Lipinski definition) is 0. The zero-order valence-electron chi connectivity index (χ0n) is 21.7. The average molecular weight is 614 g/mol. The molecule has 215 valence electrons. The van der Waals surface area contributed by atoms with Gasteiger partial charge in [-0.15, -0.1) is 0 Å². The summed E-state index contributed by atoms with van der Waals surface area (Å²) in [7, 11) is 2.77. The molecule has 41 heavy (non-hydrogen) atoms. The van der Waals surface area contributed by atoms with Gasteiger partial charge in [0.1, 0.15) is 17.2 Å². The van der Waals surface area contributed by atoms with E-state index in [1.54, 1.807) is 19.1 Å². The van der Waals surface area contributed by atoms with E-state index in [1.807, 2.05) is 0 Å². The van der Waals surface area contributed by atoms with Crippen molar-refractivity contribution in [1.29, 1.82) is 0 Å². The molecule has 0 amide bonds. The minimum atomic E-state index is -4.82. The van der Waals surface area contributed by atoms with E-state index >= 15 is 0 Å². The maximum absolute atomic E-state index is 14.1. The highest BCUT2D eigenvalue weighted by atomic mass is 35.5. The quantitative estimate of drug-likeness (QED) is 0.194. The van der Waals surface area contributed by atoms with Crippen LogP contribution in [0.15, 0.2) is 60.7 Å². The van der Waals surface area contributed by atoms with E-state index in [0.29, 0.717) is 5.75 Å². The van der Waals surface area contributed by atoms with Crippen LogP contribution < -0.4 is 14.2 Å². The summed E-state index contributed by atoms with van der Waals surface area (Å²) in [5.41, 5.74) is -2.17. The van der Waals surface area contributed by atoms with E-state index in [0.717, 1.165) is 24.3 Å². The lowest BCUT2D eigenvalue weighted by molar-refractivity contribution is -0.138. The Morgan fingerprint density at radius 1 is 0.780 bits per heavy atom. The number of halogens is 8. The molecule has 4 aromatic carbocycles. The molecule has 0 saturated heterocycles. The number of rotatable bonds is 7. The summed E-state index contributed by atoms with van der Waals surface area (Å²) in [6.07, 6.45) is -9.50. The van der Waals surface area contributed by atoms with Crippen LogP contribution in [0.2, 0.25) is 10.0 Å². The Bertz CT molecular complexity index is 1580. The molecule has 3 nitrogen and oxygen atoms in total. The lowest BCUT2D eigenvalue weighted by atomic mass is 9.87. The van der Waals surface area contributed by atoms with Crippen molar-refractivity contribution < 1.29 is 40.6 Å². The molecule has 0 atom stereocenters. The van der Waals surface area contributed by atoms with E-state index in [2.05, 4.69) is 6.07 Å². The van der Waals surface area contributed by atoms with Crippen LogP contribution >= 0.6 is 23.2 Å². The number of alkyl halides is 6. The molecule has 4 rings (SSSR count). The van der Waals surface area contributed by atoms with Gasteiger partial charge in [-0.3, -0.25) is 0 Å². The maximum Gasteiger partial charge on any atom is 0.417 e. The molecule has 0 bridgehead atoms. The highest BCUT2D eigenvalue weighted by molar-refractivity contribution is 6.37. The highest BCUT2D eigenvalue weighted by Gasteiger charge is 2.36. The van der Waals surface area contributed by atoms with Gasteiger partial charge in [0.2, 0.25) is 0 Å². The smallest absolute Gasteiger partial charge is 0.417 e. The minimum Gasteiger partial charge on any atom is -0.497 e. The van der Waals surface area contributed by atoms with Crippen LogP contribution in [0.3, 0.4) is 0 Å². The predicted octanol–water partition coefficient (Wildman–Crippen LogP) is 10.2. The molecule has 0 saturated carbocycles. The van der Waals surface area contributed by atoms with E-state index in [4.69, 9.17) is 37.4 Å². The summed E-state index contributed by atoms with van der Waals surface area (Å²) in [6, 6.07) is 15.1.